The second-order valence-electron chi connectivity index (χ2n) is 4.11. The summed E-state index contributed by atoms with van der Waals surface area (Å²) >= 11 is 4.94. The minimum absolute atomic E-state index is 0.0460. The van der Waals surface area contributed by atoms with E-state index in [0.717, 1.165) is 22.5 Å². The first-order chi connectivity index (χ1) is 8.65. The Hall–Kier alpha value is -2.14. The molecule has 0 saturated carbocycles. The van der Waals surface area contributed by atoms with Gasteiger partial charge in [-0.05, 0) is 31.3 Å². The topological polar surface area (TPSA) is 64.2 Å². The first-order valence-electron chi connectivity index (χ1n) is 5.53. The van der Waals surface area contributed by atoms with Crippen molar-refractivity contribution in [2.75, 3.05) is 0 Å². The Labute approximate surface area is 109 Å². The molecular weight excluding hydrogens is 246 g/mol. The molecule has 0 spiro atoms. The van der Waals surface area contributed by atoms with E-state index in [9.17, 15) is 5.11 Å². The van der Waals surface area contributed by atoms with Gasteiger partial charge >= 0.3 is 0 Å². The molecule has 0 atom stereocenters. The Morgan fingerprint density at radius 3 is 2.78 bits per heavy atom. The molecular formula is C13H11N3OS. The number of H-pyrrole nitrogens is 2. The van der Waals surface area contributed by atoms with Crippen LogP contribution in [0.1, 0.15) is 18.2 Å². The number of fused-ring (bicyclic) bond motifs is 1. The number of aliphatic imine (C=N–C) groups is 1. The van der Waals surface area contributed by atoms with Crippen LogP contribution in [0, 0.1) is 4.77 Å². The van der Waals surface area contributed by atoms with E-state index < -0.39 is 0 Å². The van der Waals surface area contributed by atoms with Crippen molar-refractivity contribution >= 4 is 35.3 Å². The minimum atomic E-state index is 0.0460. The van der Waals surface area contributed by atoms with Crippen molar-refractivity contribution < 1.29 is 5.11 Å². The van der Waals surface area contributed by atoms with Crippen molar-refractivity contribution in [3.05, 3.63) is 40.3 Å². The van der Waals surface area contributed by atoms with Crippen molar-refractivity contribution in [2.24, 2.45) is 4.99 Å². The van der Waals surface area contributed by atoms with E-state index in [-0.39, 0.29) is 5.88 Å². The van der Waals surface area contributed by atoms with Gasteiger partial charge in [0.2, 0.25) is 5.88 Å². The van der Waals surface area contributed by atoms with Gasteiger partial charge < -0.3 is 15.1 Å². The summed E-state index contributed by atoms with van der Waals surface area (Å²) in [5.41, 5.74) is 4.51. The molecule has 0 aliphatic carbocycles. The van der Waals surface area contributed by atoms with E-state index >= 15 is 0 Å². The number of benzene rings is 1. The summed E-state index contributed by atoms with van der Waals surface area (Å²) in [5, 5.41) is 9.69. The molecule has 0 saturated heterocycles. The zero-order valence-electron chi connectivity index (χ0n) is 9.69. The zero-order chi connectivity index (χ0) is 12.7. The molecule has 5 heteroatoms. The molecule has 0 unspecified atom stereocenters. The molecule has 18 heavy (non-hydrogen) atoms. The largest absolute Gasteiger partial charge is 0.493 e. The van der Waals surface area contributed by atoms with E-state index in [1.807, 2.05) is 37.3 Å². The van der Waals surface area contributed by atoms with Gasteiger partial charge in [0.05, 0.1) is 5.69 Å². The van der Waals surface area contributed by atoms with E-state index in [1.165, 1.54) is 0 Å². The summed E-state index contributed by atoms with van der Waals surface area (Å²) in [4.78, 5) is 10.0. The fraction of sp³-hybridized carbons (Fsp3) is 0.0769. The maximum absolute atomic E-state index is 9.69. The number of para-hydroxylation sites is 1. The van der Waals surface area contributed by atoms with Crippen LogP contribution in [0.25, 0.3) is 11.6 Å². The van der Waals surface area contributed by atoms with E-state index in [2.05, 4.69) is 15.0 Å². The first-order valence-corrected chi connectivity index (χ1v) is 5.94. The number of hydrogen-bond acceptors (Lipinski definition) is 3. The molecule has 0 bridgehead atoms. The van der Waals surface area contributed by atoms with Gasteiger partial charge in [0.15, 0.2) is 4.77 Å². The lowest BCUT2D eigenvalue weighted by Gasteiger charge is -2.00. The molecule has 3 N–H and O–H groups in total. The molecule has 0 fully saturated rings. The molecule has 4 nitrogen and oxygen atoms in total. The third kappa shape index (κ3) is 1.69. The maximum Gasteiger partial charge on any atom is 0.215 e. The number of nitrogens with zero attached hydrogens (tertiary/aromatic N) is 1. The van der Waals surface area contributed by atoms with Crippen LogP contribution in [-0.2, 0) is 0 Å². The molecule has 1 aromatic heterocycles. The molecule has 1 aliphatic heterocycles. The van der Waals surface area contributed by atoms with E-state index in [1.54, 1.807) is 0 Å². The summed E-state index contributed by atoms with van der Waals surface area (Å²) < 4.78 is 0.403. The van der Waals surface area contributed by atoms with Crippen molar-refractivity contribution in [2.45, 2.75) is 6.92 Å². The second kappa shape index (κ2) is 3.96. The molecule has 1 aliphatic rings. The second-order valence-corrected chi connectivity index (χ2v) is 4.52. The highest BCUT2D eigenvalue weighted by Crippen LogP contribution is 2.35. The van der Waals surface area contributed by atoms with Crippen LogP contribution in [0.2, 0.25) is 0 Å². The highest BCUT2D eigenvalue weighted by molar-refractivity contribution is 7.71. The Balaban J connectivity index is 2.16. The summed E-state index contributed by atoms with van der Waals surface area (Å²) in [7, 11) is 0. The monoisotopic (exact) mass is 257 g/mol. The van der Waals surface area contributed by atoms with Crippen LogP contribution in [0.4, 0.5) is 5.69 Å². The van der Waals surface area contributed by atoms with Gasteiger partial charge in [-0.15, -0.1) is 0 Å². The highest BCUT2D eigenvalue weighted by atomic mass is 32.1. The number of allylic oxidation sites excluding steroid dienone is 1. The Morgan fingerprint density at radius 2 is 2.06 bits per heavy atom. The van der Waals surface area contributed by atoms with Crippen LogP contribution in [0.15, 0.2) is 29.3 Å². The molecule has 0 amide bonds. The lowest BCUT2D eigenvalue weighted by Crippen LogP contribution is -1.90. The minimum Gasteiger partial charge on any atom is -0.493 e. The third-order valence-electron chi connectivity index (χ3n) is 2.90. The standard InChI is InChI=1S/C13H11N3OS/c1-7-9(6-11-12(17)16-13(18)15-11)8-4-2-3-5-10(8)14-7/h2-6,17H,1H3,(H2,15,16,18)/b9-6+. The van der Waals surface area contributed by atoms with Crippen LogP contribution >= 0.6 is 12.2 Å². The van der Waals surface area contributed by atoms with Gasteiger partial charge in [-0.25, -0.2) is 0 Å². The molecule has 2 aromatic rings. The summed E-state index contributed by atoms with van der Waals surface area (Å²) in [6.45, 7) is 1.95. The number of rotatable bonds is 1. The van der Waals surface area contributed by atoms with Gasteiger partial charge in [-0.3, -0.25) is 4.99 Å². The Bertz CT molecular complexity index is 737. The molecule has 3 rings (SSSR count). The van der Waals surface area contributed by atoms with Crippen LogP contribution in [0.5, 0.6) is 5.88 Å². The van der Waals surface area contributed by atoms with Crippen molar-refractivity contribution in [1.82, 2.24) is 9.97 Å². The SMILES string of the molecule is CC1=Nc2ccccc2/C1=C/c1[nH]c(=S)[nH]c1O. The predicted octanol–water partition coefficient (Wildman–Crippen LogP) is 3.42. The smallest absolute Gasteiger partial charge is 0.215 e. The van der Waals surface area contributed by atoms with Crippen LogP contribution in [-0.4, -0.2) is 20.8 Å². The highest BCUT2D eigenvalue weighted by Gasteiger charge is 2.17. The Kier molecular flexibility index (Phi) is 2.41. The maximum atomic E-state index is 9.69. The molecule has 2 heterocycles. The fourth-order valence-corrected chi connectivity index (χ4v) is 2.26. The predicted molar refractivity (Wildman–Crippen MR) is 74.7 cm³/mol. The number of aromatic hydroxyl groups is 1. The van der Waals surface area contributed by atoms with Gasteiger partial charge in [-0.1, -0.05) is 18.2 Å². The van der Waals surface area contributed by atoms with Crippen molar-refractivity contribution in [3.63, 3.8) is 0 Å². The Morgan fingerprint density at radius 1 is 1.28 bits per heavy atom. The summed E-state index contributed by atoms with van der Waals surface area (Å²) in [6, 6.07) is 7.91. The number of hydrogen-bond donors (Lipinski definition) is 3. The van der Waals surface area contributed by atoms with Gasteiger partial charge in [0.25, 0.3) is 0 Å². The van der Waals surface area contributed by atoms with Crippen molar-refractivity contribution in [1.29, 1.82) is 0 Å². The number of imidazole rings is 1. The summed E-state index contributed by atoms with van der Waals surface area (Å²) in [5.74, 6) is 0.0460. The van der Waals surface area contributed by atoms with Crippen LogP contribution in [0.3, 0.4) is 0 Å². The lowest BCUT2D eigenvalue weighted by molar-refractivity contribution is 0.455. The molecule has 1 aromatic carbocycles. The molecule has 0 radical (unpaired) electrons. The lowest BCUT2D eigenvalue weighted by atomic mass is 10.0. The van der Waals surface area contributed by atoms with Crippen molar-refractivity contribution in [3.8, 4) is 5.88 Å². The average Bonchev–Trinajstić information content (AvgIpc) is 2.81. The van der Waals surface area contributed by atoms with Gasteiger partial charge in [0.1, 0.15) is 5.69 Å². The number of aromatic nitrogens is 2. The van der Waals surface area contributed by atoms with E-state index in [0.29, 0.717) is 10.5 Å². The summed E-state index contributed by atoms with van der Waals surface area (Å²) in [6.07, 6.45) is 1.85. The average molecular weight is 257 g/mol. The molecule has 90 valence electrons. The third-order valence-corrected chi connectivity index (χ3v) is 3.10. The van der Waals surface area contributed by atoms with E-state index in [4.69, 9.17) is 12.2 Å². The zero-order valence-corrected chi connectivity index (χ0v) is 10.5. The quantitative estimate of drug-likeness (QED) is 0.685. The normalized spacial score (nSPS) is 15.8. The fourth-order valence-electron chi connectivity index (χ4n) is 2.05. The van der Waals surface area contributed by atoms with Gasteiger partial charge in [-0.2, -0.15) is 0 Å². The number of nitrogens with one attached hydrogen (secondary N) is 2. The number of aromatic amines is 2. The van der Waals surface area contributed by atoms with Crippen LogP contribution < -0.4 is 0 Å². The first kappa shape index (κ1) is 11.0. The van der Waals surface area contributed by atoms with Gasteiger partial charge in [0, 0.05) is 16.8 Å².